The van der Waals surface area contributed by atoms with Crippen LogP contribution in [-0.2, 0) is 17.1 Å². The molecule has 1 atom stereocenters. The predicted octanol–water partition coefficient (Wildman–Crippen LogP) is 1.47. The summed E-state index contributed by atoms with van der Waals surface area (Å²) in [7, 11) is -0.716. The number of aromatic nitrogens is 1. The van der Waals surface area contributed by atoms with Crippen LogP contribution in [0.1, 0.15) is 16.9 Å². The van der Waals surface area contributed by atoms with Gasteiger partial charge < -0.3 is 14.8 Å². The number of halogens is 2. The largest absolute Gasteiger partial charge is 0.371 e. The maximum Gasteiger partial charge on any atom is 0.267 e. The van der Waals surface area contributed by atoms with Crippen molar-refractivity contribution in [2.24, 2.45) is 13.0 Å². The van der Waals surface area contributed by atoms with Crippen LogP contribution in [0.3, 0.4) is 0 Å². The molecule has 1 unspecified atom stereocenters. The van der Waals surface area contributed by atoms with Gasteiger partial charge in [0.25, 0.3) is 5.91 Å². The topological polar surface area (TPSA) is 83.4 Å². The minimum atomic E-state index is -3.62. The van der Waals surface area contributed by atoms with Crippen molar-refractivity contribution in [3.05, 3.63) is 47.8 Å². The Bertz CT molecular complexity index is 991. The van der Waals surface area contributed by atoms with E-state index in [2.05, 4.69) is 10.0 Å². The quantitative estimate of drug-likeness (QED) is 0.753. The second-order valence-corrected chi connectivity index (χ2v) is 8.68. The Morgan fingerprint density at radius 3 is 2.68 bits per heavy atom. The number of carbonyl (C=O) groups excluding carboxylic acids is 1. The smallest absolute Gasteiger partial charge is 0.267 e. The van der Waals surface area contributed by atoms with Crippen molar-refractivity contribution in [1.29, 1.82) is 0 Å². The van der Waals surface area contributed by atoms with E-state index in [0.29, 0.717) is 25.3 Å². The fourth-order valence-electron chi connectivity index (χ4n) is 3.27. The van der Waals surface area contributed by atoms with Crippen LogP contribution in [0.15, 0.2) is 35.4 Å². The zero-order chi connectivity index (χ0) is 20.5. The number of rotatable bonds is 6. The lowest BCUT2D eigenvalue weighted by molar-refractivity contribution is 0.0940. The average Bonchev–Trinajstić information content (AvgIpc) is 3.29. The normalized spacial score (nSPS) is 17.1. The van der Waals surface area contributed by atoms with E-state index in [0.717, 1.165) is 12.5 Å². The van der Waals surface area contributed by atoms with Crippen LogP contribution in [0, 0.1) is 17.6 Å². The number of sulfonamides is 1. The molecule has 7 nitrogen and oxygen atoms in total. The van der Waals surface area contributed by atoms with Gasteiger partial charge in [0, 0.05) is 44.6 Å². The summed E-state index contributed by atoms with van der Waals surface area (Å²) in [5.41, 5.74) is 0.848. The van der Waals surface area contributed by atoms with Gasteiger partial charge in [-0.1, -0.05) is 0 Å². The van der Waals surface area contributed by atoms with Crippen molar-refractivity contribution in [1.82, 2.24) is 14.6 Å². The Morgan fingerprint density at radius 2 is 2.00 bits per heavy atom. The van der Waals surface area contributed by atoms with E-state index in [9.17, 15) is 22.0 Å². The average molecular weight is 412 g/mol. The van der Waals surface area contributed by atoms with Gasteiger partial charge >= 0.3 is 0 Å². The molecule has 1 aliphatic heterocycles. The molecule has 1 fully saturated rings. The number of anilines is 1. The Kier molecular flexibility index (Phi) is 5.71. The third kappa shape index (κ3) is 4.17. The van der Waals surface area contributed by atoms with E-state index in [1.165, 1.54) is 36.0 Å². The summed E-state index contributed by atoms with van der Waals surface area (Å²) in [6, 6.07) is 5.13. The Morgan fingerprint density at radius 1 is 1.25 bits per heavy atom. The van der Waals surface area contributed by atoms with Gasteiger partial charge in [0.05, 0.1) is 0 Å². The van der Waals surface area contributed by atoms with Crippen LogP contribution in [0.5, 0.6) is 0 Å². The first-order valence-electron chi connectivity index (χ1n) is 8.79. The van der Waals surface area contributed by atoms with Crippen LogP contribution >= 0.6 is 0 Å². The number of benzene rings is 1. The molecule has 1 amide bonds. The molecule has 3 rings (SSSR count). The summed E-state index contributed by atoms with van der Waals surface area (Å²) in [6.45, 7) is 1.69. The summed E-state index contributed by atoms with van der Waals surface area (Å²) in [6.07, 6.45) is 2.17. The third-order valence-corrected chi connectivity index (χ3v) is 6.28. The Labute approximate surface area is 162 Å². The number of carbonyl (C=O) groups is 1. The molecular weight excluding hydrogens is 390 g/mol. The first-order valence-corrected chi connectivity index (χ1v) is 10.3. The molecule has 0 saturated carbocycles. The molecule has 1 aliphatic rings. The molecule has 0 spiro atoms. The minimum absolute atomic E-state index is 0.0213. The van der Waals surface area contributed by atoms with Gasteiger partial charge in [-0.2, -0.15) is 0 Å². The van der Waals surface area contributed by atoms with Crippen LogP contribution in [0.4, 0.5) is 14.5 Å². The molecule has 1 saturated heterocycles. The van der Waals surface area contributed by atoms with Gasteiger partial charge in [-0.05, 0) is 37.6 Å². The Balaban J connectivity index is 1.59. The van der Waals surface area contributed by atoms with Gasteiger partial charge in [0.15, 0.2) is 11.6 Å². The van der Waals surface area contributed by atoms with Crippen LogP contribution in [0.25, 0.3) is 0 Å². The number of aryl methyl sites for hydroxylation is 1. The predicted molar refractivity (Wildman–Crippen MR) is 101 cm³/mol. The molecule has 2 aromatic rings. The zero-order valence-corrected chi connectivity index (χ0v) is 16.4. The highest BCUT2D eigenvalue weighted by molar-refractivity contribution is 7.89. The highest BCUT2D eigenvalue weighted by Crippen LogP contribution is 2.25. The van der Waals surface area contributed by atoms with Gasteiger partial charge in [-0.15, -0.1) is 0 Å². The van der Waals surface area contributed by atoms with Crippen molar-refractivity contribution in [3.63, 3.8) is 0 Å². The maximum absolute atomic E-state index is 13.4. The minimum Gasteiger partial charge on any atom is -0.371 e. The van der Waals surface area contributed by atoms with E-state index in [1.807, 2.05) is 4.90 Å². The SMILES string of the molecule is CNS(=O)(=O)c1cc(C(=O)NCC2CCN(c3ccc(F)c(F)c3)C2)n(C)c1. The second-order valence-electron chi connectivity index (χ2n) is 6.79. The van der Waals surface area contributed by atoms with E-state index < -0.39 is 21.7 Å². The van der Waals surface area contributed by atoms with E-state index in [-0.39, 0.29) is 22.4 Å². The number of nitrogens with one attached hydrogen (secondary N) is 2. The summed E-state index contributed by atoms with van der Waals surface area (Å²) in [5, 5.41) is 2.82. The molecule has 28 heavy (non-hydrogen) atoms. The fourth-order valence-corrected chi connectivity index (χ4v) is 4.07. The van der Waals surface area contributed by atoms with Gasteiger partial charge in [-0.25, -0.2) is 21.9 Å². The molecular formula is C18H22F2N4O3S. The second kappa shape index (κ2) is 7.88. The molecule has 152 valence electrons. The molecule has 2 heterocycles. The highest BCUT2D eigenvalue weighted by Gasteiger charge is 2.25. The van der Waals surface area contributed by atoms with Crippen molar-refractivity contribution < 1.29 is 22.0 Å². The molecule has 10 heteroatoms. The first kappa shape index (κ1) is 20.3. The zero-order valence-electron chi connectivity index (χ0n) is 15.6. The summed E-state index contributed by atoms with van der Waals surface area (Å²) in [4.78, 5) is 14.4. The van der Waals surface area contributed by atoms with E-state index in [1.54, 1.807) is 7.05 Å². The van der Waals surface area contributed by atoms with Crippen molar-refractivity contribution >= 4 is 21.6 Å². The lowest BCUT2D eigenvalue weighted by Crippen LogP contribution is -2.32. The van der Waals surface area contributed by atoms with E-state index in [4.69, 9.17) is 0 Å². The monoisotopic (exact) mass is 412 g/mol. The number of hydrogen-bond acceptors (Lipinski definition) is 4. The maximum atomic E-state index is 13.4. The standard InChI is InChI=1S/C18H22F2N4O3S/c1-21-28(26,27)14-8-17(23(2)11-14)18(25)22-9-12-5-6-24(10-12)13-3-4-15(19)16(20)7-13/h3-4,7-8,11-12,21H,5-6,9-10H2,1-2H3,(H,22,25). The van der Waals surface area contributed by atoms with Gasteiger partial charge in [-0.3, -0.25) is 4.79 Å². The molecule has 1 aromatic heterocycles. The first-order chi connectivity index (χ1) is 13.2. The van der Waals surface area contributed by atoms with E-state index >= 15 is 0 Å². The molecule has 2 N–H and O–H groups in total. The summed E-state index contributed by atoms with van der Waals surface area (Å²) >= 11 is 0. The molecule has 0 bridgehead atoms. The number of hydrogen-bond donors (Lipinski definition) is 2. The van der Waals surface area contributed by atoms with Crippen molar-refractivity contribution in [2.75, 3.05) is 31.6 Å². The summed E-state index contributed by atoms with van der Waals surface area (Å²) in [5.74, 6) is -1.98. The molecule has 0 aliphatic carbocycles. The molecule has 1 aromatic carbocycles. The third-order valence-electron chi connectivity index (χ3n) is 4.90. The van der Waals surface area contributed by atoms with Crippen LogP contribution < -0.4 is 14.9 Å². The van der Waals surface area contributed by atoms with Crippen LogP contribution in [-0.4, -0.2) is 45.6 Å². The van der Waals surface area contributed by atoms with Crippen molar-refractivity contribution in [2.45, 2.75) is 11.3 Å². The summed E-state index contributed by atoms with van der Waals surface area (Å²) < 4.78 is 53.9. The lowest BCUT2D eigenvalue weighted by atomic mass is 10.1. The number of amides is 1. The molecule has 0 radical (unpaired) electrons. The van der Waals surface area contributed by atoms with Gasteiger partial charge in [0.2, 0.25) is 10.0 Å². The Hall–Kier alpha value is -2.46. The highest BCUT2D eigenvalue weighted by atomic mass is 32.2. The fraction of sp³-hybridized carbons (Fsp3) is 0.389. The number of nitrogens with zero attached hydrogens (tertiary/aromatic N) is 2. The van der Waals surface area contributed by atoms with Gasteiger partial charge in [0.1, 0.15) is 10.6 Å². The van der Waals surface area contributed by atoms with Crippen molar-refractivity contribution in [3.8, 4) is 0 Å². The lowest BCUT2D eigenvalue weighted by Gasteiger charge is -2.19. The van der Waals surface area contributed by atoms with Crippen LogP contribution in [0.2, 0.25) is 0 Å².